The Kier molecular flexibility index (Phi) is 4.70. The summed E-state index contributed by atoms with van der Waals surface area (Å²) in [6, 6.07) is 13.6. The van der Waals surface area contributed by atoms with Crippen LogP contribution in [-0.4, -0.2) is 26.2 Å². The van der Waals surface area contributed by atoms with Crippen molar-refractivity contribution in [3.8, 4) is 11.5 Å². The van der Waals surface area contributed by atoms with Gasteiger partial charge in [0.15, 0.2) is 6.61 Å². The summed E-state index contributed by atoms with van der Waals surface area (Å²) in [4.78, 5) is 13.6. The molecule has 0 saturated carbocycles. The third kappa shape index (κ3) is 3.20. The fraction of sp³-hybridized carbons (Fsp3) is 0.211. The van der Waals surface area contributed by atoms with Crippen molar-refractivity contribution >= 4 is 17.3 Å². The van der Waals surface area contributed by atoms with Gasteiger partial charge in [-0.2, -0.15) is 0 Å². The lowest BCUT2D eigenvalue weighted by Crippen LogP contribution is -2.38. The van der Waals surface area contributed by atoms with Gasteiger partial charge in [-0.3, -0.25) is 4.79 Å². The van der Waals surface area contributed by atoms with E-state index >= 15 is 0 Å². The Labute approximate surface area is 141 Å². The summed E-state index contributed by atoms with van der Waals surface area (Å²) in [5, 5.41) is 3.36. The Morgan fingerprint density at radius 1 is 1.33 bits per heavy atom. The van der Waals surface area contributed by atoms with Gasteiger partial charge in [0.05, 0.1) is 12.8 Å². The van der Waals surface area contributed by atoms with Crippen LogP contribution in [0.25, 0.3) is 0 Å². The number of nitrogens with zero attached hydrogens (tertiary/aromatic N) is 1. The molecule has 0 atom stereocenters. The molecule has 0 spiro atoms. The predicted molar refractivity (Wildman–Crippen MR) is 94.8 cm³/mol. The summed E-state index contributed by atoms with van der Waals surface area (Å²) in [5.41, 5.74) is 2.77. The van der Waals surface area contributed by atoms with Crippen LogP contribution in [0.3, 0.4) is 0 Å². The van der Waals surface area contributed by atoms with Crippen molar-refractivity contribution in [2.45, 2.75) is 6.54 Å². The Balaban J connectivity index is 1.77. The van der Waals surface area contributed by atoms with Crippen LogP contribution in [0.1, 0.15) is 5.56 Å². The minimum atomic E-state index is -0.0582. The predicted octanol–water partition coefficient (Wildman–Crippen LogP) is 3.22. The normalized spacial score (nSPS) is 13.0. The van der Waals surface area contributed by atoms with Crippen LogP contribution in [0, 0.1) is 0 Å². The molecule has 5 nitrogen and oxygen atoms in total. The summed E-state index contributed by atoms with van der Waals surface area (Å²) in [6.45, 7) is 4.86. The summed E-state index contributed by atoms with van der Waals surface area (Å²) in [6.07, 6.45) is 1.71. The first-order valence-electron chi connectivity index (χ1n) is 7.77. The molecule has 1 aliphatic heterocycles. The Bertz CT molecular complexity index is 758. The van der Waals surface area contributed by atoms with Gasteiger partial charge >= 0.3 is 0 Å². The van der Waals surface area contributed by atoms with E-state index < -0.39 is 0 Å². The SMILES string of the molecule is C=CCN1C(=O)COc2cc(NCc3ccccc3OC)ccc21. The van der Waals surface area contributed by atoms with E-state index in [0.29, 0.717) is 18.8 Å². The second-order valence-corrected chi connectivity index (χ2v) is 5.43. The molecule has 24 heavy (non-hydrogen) atoms. The van der Waals surface area contributed by atoms with Gasteiger partial charge in [-0.1, -0.05) is 24.3 Å². The number of nitrogens with one attached hydrogen (secondary N) is 1. The van der Waals surface area contributed by atoms with Crippen LogP contribution in [0.15, 0.2) is 55.1 Å². The van der Waals surface area contributed by atoms with Gasteiger partial charge in [0, 0.05) is 30.4 Å². The smallest absolute Gasteiger partial charge is 0.265 e. The van der Waals surface area contributed by atoms with Crippen LogP contribution in [0.4, 0.5) is 11.4 Å². The number of ether oxygens (including phenoxy) is 2. The monoisotopic (exact) mass is 324 g/mol. The molecule has 124 valence electrons. The van der Waals surface area contributed by atoms with Gasteiger partial charge in [-0.15, -0.1) is 6.58 Å². The number of anilines is 2. The number of methoxy groups -OCH3 is 1. The van der Waals surface area contributed by atoms with E-state index in [4.69, 9.17) is 9.47 Å². The van der Waals surface area contributed by atoms with E-state index in [2.05, 4.69) is 11.9 Å². The lowest BCUT2D eigenvalue weighted by Gasteiger charge is -2.28. The van der Waals surface area contributed by atoms with Crippen LogP contribution < -0.4 is 19.7 Å². The molecule has 0 fully saturated rings. The maximum absolute atomic E-state index is 11.9. The number of amides is 1. The molecule has 0 radical (unpaired) electrons. The first kappa shape index (κ1) is 15.9. The molecule has 0 aromatic heterocycles. The highest BCUT2D eigenvalue weighted by molar-refractivity contribution is 5.98. The van der Waals surface area contributed by atoms with Crippen molar-refractivity contribution in [1.82, 2.24) is 0 Å². The molecule has 2 aromatic rings. The van der Waals surface area contributed by atoms with E-state index in [1.807, 2.05) is 42.5 Å². The molecule has 3 rings (SSSR count). The average molecular weight is 324 g/mol. The Morgan fingerprint density at radius 2 is 2.17 bits per heavy atom. The molecule has 0 aliphatic carbocycles. The molecular formula is C19H20N2O3. The van der Waals surface area contributed by atoms with Gasteiger partial charge in [-0.25, -0.2) is 0 Å². The second kappa shape index (κ2) is 7.08. The minimum absolute atomic E-state index is 0.0524. The quantitative estimate of drug-likeness (QED) is 0.829. The van der Waals surface area contributed by atoms with E-state index in [-0.39, 0.29) is 12.5 Å². The molecular weight excluding hydrogens is 304 g/mol. The standard InChI is InChI=1S/C19H20N2O3/c1-3-10-21-16-9-8-15(11-18(16)24-13-19(21)22)20-12-14-6-4-5-7-17(14)23-2/h3-9,11,20H,1,10,12-13H2,2H3. The number of hydrogen-bond donors (Lipinski definition) is 1. The van der Waals surface area contributed by atoms with Gasteiger partial charge in [-0.05, 0) is 18.2 Å². The highest BCUT2D eigenvalue weighted by Crippen LogP contribution is 2.34. The zero-order chi connectivity index (χ0) is 16.9. The number of benzene rings is 2. The highest BCUT2D eigenvalue weighted by Gasteiger charge is 2.24. The number of carbonyl (C=O) groups is 1. The number of rotatable bonds is 6. The third-order valence-electron chi connectivity index (χ3n) is 3.89. The summed E-state index contributed by atoms with van der Waals surface area (Å²) < 4.78 is 10.9. The maximum Gasteiger partial charge on any atom is 0.265 e. The lowest BCUT2D eigenvalue weighted by atomic mass is 10.1. The van der Waals surface area contributed by atoms with Gasteiger partial charge in [0.25, 0.3) is 5.91 Å². The molecule has 2 aromatic carbocycles. The Hall–Kier alpha value is -2.95. The lowest BCUT2D eigenvalue weighted by molar-refractivity contribution is -0.121. The minimum Gasteiger partial charge on any atom is -0.496 e. The molecule has 0 saturated heterocycles. The van der Waals surface area contributed by atoms with Crippen LogP contribution in [-0.2, 0) is 11.3 Å². The zero-order valence-electron chi connectivity index (χ0n) is 13.6. The van der Waals surface area contributed by atoms with Gasteiger partial charge < -0.3 is 19.7 Å². The molecule has 5 heteroatoms. The number of hydrogen-bond acceptors (Lipinski definition) is 4. The number of fused-ring (bicyclic) bond motifs is 1. The fourth-order valence-electron chi connectivity index (χ4n) is 2.69. The topological polar surface area (TPSA) is 50.8 Å². The van der Waals surface area contributed by atoms with E-state index in [1.165, 1.54) is 0 Å². The first-order valence-corrected chi connectivity index (χ1v) is 7.77. The van der Waals surface area contributed by atoms with E-state index in [0.717, 1.165) is 22.7 Å². The van der Waals surface area contributed by atoms with Crippen molar-refractivity contribution in [1.29, 1.82) is 0 Å². The Morgan fingerprint density at radius 3 is 2.96 bits per heavy atom. The molecule has 1 aliphatic rings. The molecule has 1 amide bonds. The van der Waals surface area contributed by atoms with Gasteiger partial charge in [0.2, 0.25) is 0 Å². The summed E-state index contributed by atoms with van der Waals surface area (Å²) in [5.74, 6) is 1.49. The molecule has 0 unspecified atom stereocenters. The summed E-state index contributed by atoms with van der Waals surface area (Å²) in [7, 11) is 1.66. The molecule has 0 bridgehead atoms. The second-order valence-electron chi connectivity index (χ2n) is 5.43. The van der Waals surface area contributed by atoms with Crippen LogP contribution in [0.5, 0.6) is 11.5 Å². The van der Waals surface area contributed by atoms with Crippen molar-refractivity contribution in [3.63, 3.8) is 0 Å². The molecule has 1 heterocycles. The average Bonchev–Trinajstić information content (AvgIpc) is 2.62. The van der Waals surface area contributed by atoms with E-state index in [9.17, 15) is 4.79 Å². The number of para-hydroxylation sites is 1. The molecule has 1 N–H and O–H groups in total. The zero-order valence-corrected chi connectivity index (χ0v) is 13.6. The van der Waals surface area contributed by atoms with Crippen LogP contribution in [0.2, 0.25) is 0 Å². The van der Waals surface area contributed by atoms with E-state index in [1.54, 1.807) is 18.1 Å². The van der Waals surface area contributed by atoms with Crippen molar-refractivity contribution in [3.05, 3.63) is 60.7 Å². The third-order valence-corrected chi connectivity index (χ3v) is 3.89. The first-order chi connectivity index (χ1) is 11.7. The van der Waals surface area contributed by atoms with Gasteiger partial charge in [0.1, 0.15) is 11.5 Å². The van der Waals surface area contributed by atoms with Crippen LogP contribution >= 0.6 is 0 Å². The highest BCUT2D eigenvalue weighted by atomic mass is 16.5. The summed E-state index contributed by atoms with van der Waals surface area (Å²) >= 11 is 0. The maximum atomic E-state index is 11.9. The fourth-order valence-corrected chi connectivity index (χ4v) is 2.69. The van der Waals surface area contributed by atoms with Crippen molar-refractivity contribution in [2.24, 2.45) is 0 Å². The van der Waals surface area contributed by atoms with Crippen molar-refractivity contribution < 1.29 is 14.3 Å². The number of carbonyl (C=O) groups excluding carboxylic acids is 1. The van der Waals surface area contributed by atoms with Crippen molar-refractivity contribution in [2.75, 3.05) is 30.5 Å². The largest absolute Gasteiger partial charge is 0.496 e.